The molecule has 3 rings (SSSR count). The summed E-state index contributed by atoms with van der Waals surface area (Å²) in [4.78, 5) is 8.95. The van der Waals surface area contributed by atoms with Gasteiger partial charge in [0, 0.05) is 39.8 Å². The largest absolute Gasteiger partial charge is 0.506 e. The molecule has 1 heterocycles. The molecule has 0 radical (unpaired) electrons. The number of piperazine rings is 1. The monoisotopic (exact) mass is 480 g/mol. The topological polar surface area (TPSA) is 51.1 Å². The van der Waals surface area contributed by atoms with E-state index in [0.717, 1.165) is 50.8 Å². The van der Waals surface area contributed by atoms with E-state index in [0.29, 0.717) is 5.75 Å². The molecular weight excluding hydrogens is 451 g/mol. The molecule has 27 heavy (non-hydrogen) atoms. The van der Waals surface area contributed by atoms with Crippen LogP contribution in [0.2, 0.25) is 0 Å². The van der Waals surface area contributed by atoms with Crippen LogP contribution in [0.3, 0.4) is 0 Å². The van der Waals surface area contributed by atoms with Gasteiger partial charge < -0.3 is 20.2 Å². The average Bonchev–Trinajstić information content (AvgIpc) is 2.66. The van der Waals surface area contributed by atoms with Gasteiger partial charge in [-0.15, -0.1) is 24.0 Å². The molecule has 2 aromatic rings. The molecule has 6 heteroatoms. The fourth-order valence-corrected chi connectivity index (χ4v) is 3.41. The predicted molar refractivity (Wildman–Crippen MR) is 124 cm³/mol. The normalized spacial score (nSPS) is 14.7. The smallest absolute Gasteiger partial charge is 0.193 e. The Balaban J connectivity index is 0.00000261. The maximum Gasteiger partial charge on any atom is 0.193 e. The number of nitrogens with zero attached hydrogens (tertiary/aromatic N) is 3. The number of phenolic OH excluding ortho intramolecular Hbond substituents is 1. The lowest BCUT2D eigenvalue weighted by molar-refractivity contribution is 0.370. The van der Waals surface area contributed by atoms with E-state index in [2.05, 4.69) is 51.3 Å². The van der Waals surface area contributed by atoms with Crippen LogP contribution in [0.1, 0.15) is 11.1 Å². The minimum Gasteiger partial charge on any atom is -0.506 e. The zero-order valence-corrected chi connectivity index (χ0v) is 18.4. The van der Waals surface area contributed by atoms with Crippen LogP contribution in [0.25, 0.3) is 0 Å². The minimum absolute atomic E-state index is 0. The van der Waals surface area contributed by atoms with E-state index in [-0.39, 0.29) is 24.0 Å². The van der Waals surface area contributed by atoms with Gasteiger partial charge in [0.25, 0.3) is 0 Å². The summed E-state index contributed by atoms with van der Waals surface area (Å²) in [5.41, 5.74) is 3.55. The number of hydrogen-bond acceptors (Lipinski definition) is 3. The standard InChI is InChI=1S/C21H28N4O.HI/c1-17-6-5-7-18(16-17)10-11-23-21(22-2)25-14-12-24(13-15-25)19-8-3-4-9-20(19)26;/h3-9,16,26H,10-15H2,1-2H3,(H,22,23);1H. The van der Waals surface area contributed by atoms with Crippen molar-refractivity contribution in [3.8, 4) is 5.75 Å². The zero-order valence-electron chi connectivity index (χ0n) is 16.1. The third-order valence-corrected chi connectivity index (χ3v) is 4.79. The Labute approximate surface area is 179 Å². The van der Waals surface area contributed by atoms with Crippen molar-refractivity contribution >= 4 is 35.6 Å². The van der Waals surface area contributed by atoms with Gasteiger partial charge >= 0.3 is 0 Å². The fraction of sp³-hybridized carbons (Fsp3) is 0.381. The number of phenols is 1. The summed E-state index contributed by atoms with van der Waals surface area (Å²) in [5, 5.41) is 13.5. The number of guanidine groups is 1. The highest BCUT2D eigenvalue weighted by Crippen LogP contribution is 2.27. The summed E-state index contributed by atoms with van der Waals surface area (Å²) < 4.78 is 0. The van der Waals surface area contributed by atoms with Gasteiger partial charge in [-0.25, -0.2) is 0 Å². The summed E-state index contributed by atoms with van der Waals surface area (Å²) in [6.45, 7) is 6.51. The van der Waals surface area contributed by atoms with E-state index in [1.807, 2.05) is 25.2 Å². The second-order valence-corrected chi connectivity index (χ2v) is 6.68. The van der Waals surface area contributed by atoms with Crippen molar-refractivity contribution in [2.45, 2.75) is 13.3 Å². The van der Waals surface area contributed by atoms with E-state index in [9.17, 15) is 5.11 Å². The first-order valence-electron chi connectivity index (χ1n) is 9.21. The molecule has 0 aliphatic carbocycles. The van der Waals surface area contributed by atoms with Crippen molar-refractivity contribution in [3.63, 3.8) is 0 Å². The van der Waals surface area contributed by atoms with Crippen LogP contribution in [-0.4, -0.2) is 55.7 Å². The van der Waals surface area contributed by atoms with Gasteiger partial charge in [0.05, 0.1) is 5.69 Å². The third-order valence-electron chi connectivity index (χ3n) is 4.79. The summed E-state index contributed by atoms with van der Waals surface area (Å²) in [6.07, 6.45) is 0.985. The highest BCUT2D eigenvalue weighted by atomic mass is 127. The number of rotatable bonds is 4. The summed E-state index contributed by atoms with van der Waals surface area (Å²) in [5.74, 6) is 1.30. The Bertz CT molecular complexity index is 757. The molecule has 0 spiro atoms. The summed E-state index contributed by atoms with van der Waals surface area (Å²) in [7, 11) is 1.84. The maximum absolute atomic E-state index is 10.0. The summed E-state index contributed by atoms with van der Waals surface area (Å²) in [6, 6.07) is 16.2. The van der Waals surface area contributed by atoms with Crippen molar-refractivity contribution in [2.75, 3.05) is 44.7 Å². The van der Waals surface area contributed by atoms with Crippen molar-refractivity contribution in [1.82, 2.24) is 10.2 Å². The molecule has 0 bridgehead atoms. The number of para-hydroxylation sites is 2. The lowest BCUT2D eigenvalue weighted by atomic mass is 10.1. The van der Waals surface area contributed by atoms with Crippen molar-refractivity contribution < 1.29 is 5.11 Å². The predicted octanol–water partition coefficient (Wildman–Crippen LogP) is 3.26. The van der Waals surface area contributed by atoms with Crippen LogP contribution in [0.5, 0.6) is 5.75 Å². The molecule has 0 aromatic heterocycles. The molecular formula is C21H29IN4O. The van der Waals surface area contributed by atoms with Crippen LogP contribution in [0, 0.1) is 6.92 Å². The lowest BCUT2D eigenvalue weighted by Crippen LogP contribution is -2.52. The molecule has 1 saturated heterocycles. The first-order chi connectivity index (χ1) is 12.7. The molecule has 2 N–H and O–H groups in total. The second-order valence-electron chi connectivity index (χ2n) is 6.68. The molecule has 0 amide bonds. The number of hydrogen-bond donors (Lipinski definition) is 2. The Morgan fingerprint density at radius 2 is 1.81 bits per heavy atom. The van der Waals surface area contributed by atoms with Gasteiger partial charge in [-0.1, -0.05) is 42.0 Å². The van der Waals surface area contributed by atoms with E-state index in [1.54, 1.807) is 6.07 Å². The number of halogens is 1. The second kappa shape index (κ2) is 10.4. The molecule has 1 aliphatic rings. The lowest BCUT2D eigenvalue weighted by Gasteiger charge is -2.37. The van der Waals surface area contributed by atoms with Gasteiger partial charge in [-0.05, 0) is 31.0 Å². The van der Waals surface area contributed by atoms with Gasteiger partial charge in [0.15, 0.2) is 5.96 Å². The number of aromatic hydroxyl groups is 1. The molecule has 5 nitrogen and oxygen atoms in total. The highest BCUT2D eigenvalue weighted by Gasteiger charge is 2.21. The molecule has 2 aromatic carbocycles. The maximum atomic E-state index is 10.0. The van der Waals surface area contributed by atoms with E-state index < -0.39 is 0 Å². The van der Waals surface area contributed by atoms with E-state index in [1.165, 1.54) is 11.1 Å². The summed E-state index contributed by atoms with van der Waals surface area (Å²) >= 11 is 0. The highest BCUT2D eigenvalue weighted by molar-refractivity contribution is 14.0. The van der Waals surface area contributed by atoms with Gasteiger partial charge in [0.2, 0.25) is 0 Å². The first-order valence-corrected chi connectivity index (χ1v) is 9.21. The molecule has 1 fully saturated rings. The molecule has 0 saturated carbocycles. The number of anilines is 1. The van der Waals surface area contributed by atoms with Gasteiger partial charge in [-0.3, -0.25) is 4.99 Å². The Morgan fingerprint density at radius 3 is 2.48 bits per heavy atom. The quantitative estimate of drug-likeness (QED) is 0.401. The van der Waals surface area contributed by atoms with Crippen LogP contribution in [0.15, 0.2) is 53.5 Å². The van der Waals surface area contributed by atoms with Gasteiger partial charge in [0.1, 0.15) is 5.75 Å². The van der Waals surface area contributed by atoms with E-state index in [4.69, 9.17) is 0 Å². The van der Waals surface area contributed by atoms with Crippen molar-refractivity contribution in [3.05, 3.63) is 59.7 Å². The average molecular weight is 480 g/mol. The Kier molecular flexibility index (Phi) is 8.22. The SMILES string of the molecule is CN=C(NCCc1cccc(C)c1)N1CCN(c2ccccc2O)CC1.I. The number of aliphatic imine (C=N–C) groups is 1. The molecule has 1 aliphatic heterocycles. The van der Waals surface area contributed by atoms with Crippen molar-refractivity contribution in [2.24, 2.45) is 4.99 Å². The Hall–Kier alpha value is -1.96. The molecule has 0 atom stereocenters. The molecule has 146 valence electrons. The number of aryl methyl sites for hydroxylation is 1. The zero-order chi connectivity index (χ0) is 18.4. The van der Waals surface area contributed by atoms with Crippen molar-refractivity contribution in [1.29, 1.82) is 0 Å². The Morgan fingerprint density at radius 1 is 1.07 bits per heavy atom. The fourth-order valence-electron chi connectivity index (χ4n) is 3.41. The van der Waals surface area contributed by atoms with Gasteiger partial charge in [-0.2, -0.15) is 0 Å². The first kappa shape index (κ1) is 21.3. The molecule has 0 unspecified atom stereocenters. The number of nitrogens with one attached hydrogen (secondary N) is 1. The van der Waals surface area contributed by atoms with Crippen LogP contribution in [0.4, 0.5) is 5.69 Å². The van der Waals surface area contributed by atoms with E-state index >= 15 is 0 Å². The van der Waals surface area contributed by atoms with Crippen LogP contribution < -0.4 is 10.2 Å². The third kappa shape index (κ3) is 5.76. The van der Waals surface area contributed by atoms with Crippen LogP contribution >= 0.6 is 24.0 Å². The van der Waals surface area contributed by atoms with Crippen LogP contribution in [-0.2, 0) is 6.42 Å². The minimum atomic E-state index is 0. The number of benzene rings is 2.